The predicted molar refractivity (Wildman–Crippen MR) is 130 cm³/mol. The number of benzene rings is 2. The Morgan fingerprint density at radius 1 is 1.14 bits per heavy atom. The second-order valence-electron chi connectivity index (χ2n) is 9.48. The molecule has 2 aliphatic rings. The van der Waals surface area contributed by atoms with Gasteiger partial charge in [0.25, 0.3) is 11.8 Å². The Kier molecular flexibility index (Phi) is 5.95. The van der Waals surface area contributed by atoms with Crippen LogP contribution in [0.25, 0.3) is 16.7 Å². The number of urea groups is 1. The van der Waals surface area contributed by atoms with Crippen LogP contribution in [-0.4, -0.2) is 50.5 Å². The first-order valence-corrected chi connectivity index (χ1v) is 12.0. The molecule has 3 aromatic rings. The van der Waals surface area contributed by atoms with Crippen LogP contribution in [0.1, 0.15) is 48.8 Å². The molecule has 36 heavy (non-hydrogen) atoms. The maximum atomic E-state index is 12.9. The minimum Gasteiger partial charge on any atom is -0.452 e. The number of amides is 4. The molecule has 0 unspecified atom stereocenters. The number of carbonyl (C=O) groups is 4. The Balaban J connectivity index is 1.22. The molecule has 1 saturated heterocycles. The number of nitrogens with one attached hydrogen (secondary N) is 2. The number of fused-ring (bicyclic) bond motifs is 1. The van der Waals surface area contributed by atoms with Crippen LogP contribution >= 0.6 is 0 Å². The minimum atomic E-state index is -0.968. The van der Waals surface area contributed by atoms with E-state index in [0.717, 1.165) is 29.9 Å². The summed E-state index contributed by atoms with van der Waals surface area (Å²) in [6.07, 6.45) is 2.70. The van der Waals surface area contributed by atoms with Crippen LogP contribution in [0.15, 0.2) is 48.5 Å². The van der Waals surface area contributed by atoms with E-state index in [1.54, 1.807) is 18.2 Å². The Hall–Kier alpha value is -4.21. The third kappa shape index (κ3) is 4.19. The molecule has 2 N–H and O–H groups in total. The van der Waals surface area contributed by atoms with Crippen molar-refractivity contribution < 1.29 is 23.9 Å². The lowest BCUT2D eigenvalue weighted by molar-refractivity contribution is -0.141. The summed E-state index contributed by atoms with van der Waals surface area (Å²) >= 11 is 0. The second kappa shape index (κ2) is 9.10. The zero-order valence-corrected chi connectivity index (χ0v) is 20.1. The van der Waals surface area contributed by atoms with Crippen molar-refractivity contribution in [1.82, 2.24) is 25.3 Å². The molecular weight excluding hydrogens is 462 g/mol. The summed E-state index contributed by atoms with van der Waals surface area (Å²) in [5.74, 6) is -0.723. The topological polar surface area (TPSA) is 123 Å². The van der Waals surface area contributed by atoms with Gasteiger partial charge >= 0.3 is 12.0 Å². The first-order valence-electron chi connectivity index (χ1n) is 12.0. The van der Waals surface area contributed by atoms with Crippen LogP contribution < -0.4 is 10.7 Å². The number of imidazole rings is 1. The summed E-state index contributed by atoms with van der Waals surface area (Å²) < 4.78 is 7.12. The maximum Gasteiger partial charge on any atom is 0.344 e. The molecule has 1 aliphatic heterocycles. The largest absolute Gasteiger partial charge is 0.452 e. The summed E-state index contributed by atoms with van der Waals surface area (Å²) in [5, 5.41) is 3.42. The van der Waals surface area contributed by atoms with Crippen LogP contribution in [0, 0.1) is 12.8 Å². The molecule has 0 radical (unpaired) electrons. The molecule has 186 valence electrons. The summed E-state index contributed by atoms with van der Waals surface area (Å²) in [6.45, 7) is 3.34. The van der Waals surface area contributed by atoms with E-state index in [9.17, 15) is 19.2 Å². The van der Waals surface area contributed by atoms with E-state index in [0.29, 0.717) is 29.3 Å². The van der Waals surface area contributed by atoms with Crippen LogP contribution in [0.5, 0.6) is 0 Å². The quantitative estimate of drug-likeness (QED) is 0.420. The molecule has 1 saturated carbocycles. The van der Waals surface area contributed by atoms with E-state index in [1.165, 1.54) is 0 Å². The number of aryl methyl sites for hydroxylation is 1. The van der Waals surface area contributed by atoms with Gasteiger partial charge in [-0.05, 0) is 68.9 Å². The van der Waals surface area contributed by atoms with Gasteiger partial charge in [0.15, 0.2) is 6.61 Å². The number of carbonyl (C=O) groups excluding carboxylic acids is 4. The van der Waals surface area contributed by atoms with Gasteiger partial charge in [-0.1, -0.05) is 25.1 Å². The maximum absolute atomic E-state index is 12.9. The molecule has 1 aliphatic carbocycles. The van der Waals surface area contributed by atoms with Crippen LogP contribution in [0.4, 0.5) is 4.79 Å². The molecule has 1 aromatic heterocycles. The zero-order valence-electron chi connectivity index (χ0n) is 20.1. The third-order valence-electron chi connectivity index (χ3n) is 6.93. The number of nitrogens with zero attached hydrogens (tertiary/aromatic N) is 3. The number of para-hydroxylation sites is 1. The molecule has 10 heteroatoms. The molecule has 0 bridgehead atoms. The Labute approximate surface area is 207 Å². The third-order valence-corrected chi connectivity index (χ3v) is 6.93. The first kappa shape index (κ1) is 23.5. The highest BCUT2D eigenvalue weighted by molar-refractivity contribution is 6.08. The van der Waals surface area contributed by atoms with Crippen molar-refractivity contribution >= 4 is 34.8 Å². The Morgan fingerprint density at radius 2 is 1.86 bits per heavy atom. The highest BCUT2D eigenvalue weighted by atomic mass is 16.5. The lowest BCUT2D eigenvalue weighted by Gasteiger charge is -2.33. The number of hydrogen-bond donors (Lipinski definition) is 2. The van der Waals surface area contributed by atoms with E-state index >= 15 is 0 Å². The highest BCUT2D eigenvalue weighted by Gasteiger charge is 2.52. The van der Waals surface area contributed by atoms with Gasteiger partial charge in [0.05, 0.1) is 16.6 Å². The zero-order chi connectivity index (χ0) is 25.4. The molecule has 5 rings (SSSR count). The molecular formula is C26H27N5O5. The van der Waals surface area contributed by atoms with Crippen LogP contribution in [-0.2, 0) is 14.3 Å². The number of imide groups is 1. The van der Waals surface area contributed by atoms with Gasteiger partial charge in [-0.25, -0.2) is 14.6 Å². The average molecular weight is 490 g/mol. The average Bonchev–Trinajstić information content (AvgIpc) is 3.32. The monoisotopic (exact) mass is 489 g/mol. The van der Waals surface area contributed by atoms with E-state index < -0.39 is 36.0 Å². The van der Waals surface area contributed by atoms with Gasteiger partial charge in [-0.2, -0.15) is 5.01 Å². The normalized spacial score (nSPS) is 21.6. The summed E-state index contributed by atoms with van der Waals surface area (Å²) in [4.78, 5) is 54.7. The van der Waals surface area contributed by atoms with Crippen molar-refractivity contribution in [1.29, 1.82) is 0 Å². The number of hydrogen-bond acceptors (Lipinski definition) is 6. The van der Waals surface area contributed by atoms with Crippen LogP contribution in [0.3, 0.4) is 0 Å². The predicted octanol–water partition coefficient (Wildman–Crippen LogP) is 3.02. The fraction of sp³-hybridized carbons (Fsp3) is 0.346. The van der Waals surface area contributed by atoms with Gasteiger partial charge < -0.3 is 10.1 Å². The van der Waals surface area contributed by atoms with E-state index in [-0.39, 0.29) is 5.56 Å². The highest BCUT2D eigenvalue weighted by Crippen LogP contribution is 2.35. The minimum absolute atomic E-state index is 0.235. The molecule has 10 nitrogen and oxygen atoms in total. The van der Waals surface area contributed by atoms with E-state index in [2.05, 4.69) is 22.7 Å². The van der Waals surface area contributed by atoms with Crippen LogP contribution in [0.2, 0.25) is 0 Å². The van der Waals surface area contributed by atoms with E-state index in [1.807, 2.05) is 41.8 Å². The summed E-state index contributed by atoms with van der Waals surface area (Å²) in [5.41, 5.74) is 3.93. The SMILES string of the molecule is Cc1nc2cc(C(=O)OCC(=O)NN3C(=O)NC4(CCC(C)CC4)C3=O)ccc2n1-c1ccccc1. The van der Waals surface area contributed by atoms with Crippen molar-refractivity contribution in [3.63, 3.8) is 0 Å². The lowest BCUT2D eigenvalue weighted by atomic mass is 9.77. The van der Waals surface area contributed by atoms with Gasteiger partial charge in [-0.15, -0.1) is 0 Å². The number of hydrazine groups is 1. The summed E-state index contributed by atoms with van der Waals surface area (Å²) in [7, 11) is 0. The fourth-order valence-corrected chi connectivity index (χ4v) is 4.92. The van der Waals surface area contributed by atoms with Crippen molar-refractivity contribution in [2.75, 3.05) is 6.61 Å². The molecule has 0 atom stereocenters. The molecule has 4 amide bonds. The molecule has 2 aromatic carbocycles. The van der Waals surface area contributed by atoms with Crippen molar-refractivity contribution in [2.24, 2.45) is 5.92 Å². The first-order chi connectivity index (χ1) is 17.3. The van der Waals surface area contributed by atoms with Crippen molar-refractivity contribution in [2.45, 2.75) is 45.1 Å². The van der Waals surface area contributed by atoms with Gasteiger partial charge in [-0.3, -0.25) is 19.6 Å². The van der Waals surface area contributed by atoms with E-state index in [4.69, 9.17) is 4.74 Å². The van der Waals surface area contributed by atoms with Gasteiger partial charge in [0.2, 0.25) is 0 Å². The Bertz CT molecular complexity index is 1360. The number of ether oxygens (including phenoxy) is 1. The number of rotatable bonds is 5. The van der Waals surface area contributed by atoms with Crippen molar-refractivity contribution in [3.05, 3.63) is 59.9 Å². The standard InChI is InChI=1S/C26H27N5O5/c1-16-10-12-26(13-11-16)24(34)31(25(35)28-26)29-22(32)15-36-23(33)18-8-9-21-20(14-18)27-17(2)30(21)19-6-4-3-5-7-19/h3-9,14,16H,10-13,15H2,1-2H3,(H,28,35)(H,29,32). The Morgan fingerprint density at radius 3 is 2.58 bits per heavy atom. The fourth-order valence-electron chi connectivity index (χ4n) is 4.92. The summed E-state index contributed by atoms with van der Waals surface area (Å²) in [6, 6.07) is 14.1. The lowest BCUT2D eigenvalue weighted by Crippen LogP contribution is -2.52. The smallest absolute Gasteiger partial charge is 0.344 e. The molecule has 2 heterocycles. The number of aromatic nitrogens is 2. The molecule has 2 fully saturated rings. The van der Waals surface area contributed by atoms with Gasteiger partial charge in [0, 0.05) is 5.69 Å². The van der Waals surface area contributed by atoms with Crippen molar-refractivity contribution in [3.8, 4) is 5.69 Å². The molecule has 1 spiro atoms. The second-order valence-corrected chi connectivity index (χ2v) is 9.48. The number of esters is 1. The van der Waals surface area contributed by atoms with Gasteiger partial charge in [0.1, 0.15) is 11.4 Å².